The molecule has 0 bridgehead atoms. The van der Waals surface area contributed by atoms with E-state index in [4.69, 9.17) is 5.73 Å². The molecule has 2 atom stereocenters. The zero-order valence-corrected chi connectivity index (χ0v) is 9.86. The number of nitrogens with two attached hydrogens (primary N) is 1. The van der Waals surface area contributed by atoms with Crippen LogP contribution in [0.5, 0.6) is 0 Å². The molecule has 0 heterocycles. The van der Waals surface area contributed by atoms with E-state index >= 15 is 0 Å². The minimum absolute atomic E-state index is 0.284. The first-order chi connectivity index (χ1) is 7.50. The summed E-state index contributed by atoms with van der Waals surface area (Å²) < 4.78 is 12.7. The van der Waals surface area contributed by atoms with E-state index in [-0.39, 0.29) is 11.9 Å². The smallest absolute Gasteiger partial charge is 0.123 e. The normalized spacial score (nSPS) is 15.1. The molecule has 0 amide bonds. The van der Waals surface area contributed by atoms with E-state index in [1.165, 1.54) is 12.1 Å². The summed E-state index contributed by atoms with van der Waals surface area (Å²) in [6, 6.07) is 5.55. The molecule has 2 nitrogen and oxygen atoms in total. The van der Waals surface area contributed by atoms with Crippen molar-refractivity contribution in [2.45, 2.75) is 38.8 Å². The van der Waals surface area contributed by atoms with Gasteiger partial charge in [0.05, 0.1) is 6.10 Å². The van der Waals surface area contributed by atoms with E-state index in [2.05, 4.69) is 13.8 Å². The number of aliphatic hydroxyl groups is 1. The Balaban J connectivity index is 2.56. The fourth-order valence-electron chi connectivity index (χ4n) is 1.59. The summed E-state index contributed by atoms with van der Waals surface area (Å²) in [5.41, 5.74) is 6.57. The van der Waals surface area contributed by atoms with Crippen molar-refractivity contribution >= 4 is 0 Å². The van der Waals surface area contributed by atoms with Crippen molar-refractivity contribution in [3.8, 4) is 0 Å². The Kier molecular flexibility index (Phi) is 4.90. The van der Waals surface area contributed by atoms with Crippen LogP contribution in [0.25, 0.3) is 0 Å². The van der Waals surface area contributed by atoms with Gasteiger partial charge in [0.15, 0.2) is 0 Å². The van der Waals surface area contributed by atoms with Crippen LogP contribution >= 0.6 is 0 Å². The van der Waals surface area contributed by atoms with Gasteiger partial charge < -0.3 is 10.8 Å². The summed E-state index contributed by atoms with van der Waals surface area (Å²) in [5, 5.41) is 9.95. The molecule has 1 aromatic carbocycles. The van der Waals surface area contributed by atoms with E-state index in [0.29, 0.717) is 11.5 Å². The van der Waals surface area contributed by atoms with Crippen LogP contribution in [0.1, 0.15) is 38.4 Å². The third-order valence-corrected chi connectivity index (χ3v) is 2.69. The van der Waals surface area contributed by atoms with Crippen LogP contribution in [0.2, 0.25) is 0 Å². The molecule has 0 saturated heterocycles. The molecule has 0 radical (unpaired) electrons. The van der Waals surface area contributed by atoms with Crippen molar-refractivity contribution < 1.29 is 9.50 Å². The van der Waals surface area contributed by atoms with E-state index in [1.807, 2.05) is 0 Å². The molecule has 2 unspecified atom stereocenters. The summed E-state index contributed by atoms with van der Waals surface area (Å²) >= 11 is 0. The molecule has 1 aromatic rings. The maximum absolute atomic E-state index is 12.7. The van der Waals surface area contributed by atoms with Crippen molar-refractivity contribution in [1.82, 2.24) is 0 Å². The van der Waals surface area contributed by atoms with Gasteiger partial charge >= 0.3 is 0 Å². The Hall–Kier alpha value is -0.930. The quantitative estimate of drug-likeness (QED) is 0.809. The Labute approximate surface area is 96.3 Å². The topological polar surface area (TPSA) is 46.2 Å². The zero-order chi connectivity index (χ0) is 12.1. The van der Waals surface area contributed by atoms with E-state index in [1.54, 1.807) is 12.1 Å². The Morgan fingerprint density at radius 3 is 2.25 bits per heavy atom. The molecule has 0 spiro atoms. The molecule has 3 N–H and O–H groups in total. The van der Waals surface area contributed by atoms with Crippen LogP contribution < -0.4 is 5.73 Å². The van der Waals surface area contributed by atoms with Crippen LogP contribution in [0.4, 0.5) is 4.39 Å². The number of aliphatic hydroxyl groups excluding tert-OH is 1. The van der Waals surface area contributed by atoms with Gasteiger partial charge in [-0.15, -0.1) is 0 Å². The van der Waals surface area contributed by atoms with Crippen LogP contribution in [-0.4, -0.2) is 11.1 Å². The first-order valence-corrected chi connectivity index (χ1v) is 5.70. The molecular formula is C13H20FNO. The highest BCUT2D eigenvalue weighted by Crippen LogP contribution is 2.20. The van der Waals surface area contributed by atoms with Gasteiger partial charge in [-0.2, -0.15) is 0 Å². The minimum Gasteiger partial charge on any atom is -0.387 e. The highest BCUT2D eigenvalue weighted by Gasteiger charge is 2.16. The van der Waals surface area contributed by atoms with Crippen molar-refractivity contribution in [2.75, 3.05) is 0 Å². The standard InChI is InChI=1S/C13H20FNO/c1-9(2)3-8-12(15)13(16)10-4-6-11(14)7-5-10/h4-7,9,12-13,16H,3,8,15H2,1-2H3. The first kappa shape index (κ1) is 13.1. The fourth-order valence-corrected chi connectivity index (χ4v) is 1.59. The van der Waals surface area contributed by atoms with Crippen LogP contribution in [0.3, 0.4) is 0 Å². The van der Waals surface area contributed by atoms with E-state index in [9.17, 15) is 9.50 Å². The van der Waals surface area contributed by atoms with Crippen LogP contribution in [-0.2, 0) is 0 Å². The van der Waals surface area contributed by atoms with Gasteiger partial charge in [-0.3, -0.25) is 0 Å². The molecule has 1 rings (SSSR count). The molecule has 0 saturated carbocycles. The summed E-state index contributed by atoms with van der Waals surface area (Å²) in [6.07, 6.45) is 1.05. The maximum Gasteiger partial charge on any atom is 0.123 e. The maximum atomic E-state index is 12.7. The number of rotatable bonds is 5. The lowest BCUT2D eigenvalue weighted by Gasteiger charge is -2.20. The van der Waals surface area contributed by atoms with E-state index in [0.717, 1.165) is 12.8 Å². The highest BCUT2D eigenvalue weighted by molar-refractivity contribution is 5.19. The second-order valence-electron chi connectivity index (χ2n) is 4.63. The van der Waals surface area contributed by atoms with Crippen LogP contribution in [0, 0.1) is 11.7 Å². The molecular weight excluding hydrogens is 205 g/mol. The SMILES string of the molecule is CC(C)CCC(N)C(O)c1ccc(F)cc1. The molecule has 0 aromatic heterocycles. The third-order valence-electron chi connectivity index (χ3n) is 2.69. The van der Waals surface area contributed by atoms with Gasteiger partial charge in [0.1, 0.15) is 5.82 Å². The highest BCUT2D eigenvalue weighted by atomic mass is 19.1. The van der Waals surface area contributed by atoms with Gasteiger partial charge in [-0.25, -0.2) is 4.39 Å². The Morgan fingerprint density at radius 1 is 1.19 bits per heavy atom. The lowest BCUT2D eigenvalue weighted by molar-refractivity contribution is 0.139. The molecule has 3 heteroatoms. The average Bonchev–Trinajstić information content (AvgIpc) is 2.26. The summed E-state index contributed by atoms with van der Waals surface area (Å²) in [6.45, 7) is 4.24. The van der Waals surface area contributed by atoms with Gasteiger partial charge in [-0.1, -0.05) is 26.0 Å². The lowest BCUT2D eigenvalue weighted by Crippen LogP contribution is -2.28. The van der Waals surface area contributed by atoms with Gasteiger partial charge in [0, 0.05) is 6.04 Å². The fraction of sp³-hybridized carbons (Fsp3) is 0.538. The molecule has 16 heavy (non-hydrogen) atoms. The second-order valence-corrected chi connectivity index (χ2v) is 4.63. The van der Waals surface area contributed by atoms with Crippen molar-refractivity contribution in [3.63, 3.8) is 0 Å². The summed E-state index contributed by atoms with van der Waals surface area (Å²) in [4.78, 5) is 0. The summed E-state index contributed by atoms with van der Waals surface area (Å²) in [5.74, 6) is 0.276. The number of hydrogen-bond donors (Lipinski definition) is 2. The third kappa shape index (κ3) is 3.91. The molecule has 0 aliphatic rings. The number of halogens is 1. The predicted molar refractivity (Wildman–Crippen MR) is 63.4 cm³/mol. The largest absolute Gasteiger partial charge is 0.387 e. The number of hydrogen-bond acceptors (Lipinski definition) is 2. The van der Waals surface area contributed by atoms with Crippen LogP contribution in [0.15, 0.2) is 24.3 Å². The molecule has 0 fully saturated rings. The monoisotopic (exact) mass is 225 g/mol. The average molecular weight is 225 g/mol. The molecule has 90 valence electrons. The van der Waals surface area contributed by atoms with Gasteiger partial charge in [0.2, 0.25) is 0 Å². The molecule has 0 aliphatic heterocycles. The molecule has 0 aliphatic carbocycles. The van der Waals surface area contributed by atoms with Crippen molar-refractivity contribution in [1.29, 1.82) is 0 Å². The lowest BCUT2D eigenvalue weighted by atomic mass is 9.96. The predicted octanol–water partition coefficient (Wildman–Crippen LogP) is 2.62. The Morgan fingerprint density at radius 2 is 1.75 bits per heavy atom. The van der Waals surface area contributed by atoms with E-state index < -0.39 is 6.10 Å². The minimum atomic E-state index is -0.709. The van der Waals surface area contributed by atoms with Gasteiger partial charge in [0.25, 0.3) is 0 Å². The zero-order valence-electron chi connectivity index (χ0n) is 9.86. The second kappa shape index (κ2) is 5.97. The summed E-state index contributed by atoms with van der Waals surface area (Å²) in [7, 11) is 0. The Bertz CT molecular complexity index is 310. The number of benzene rings is 1. The van der Waals surface area contributed by atoms with Crippen molar-refractivity contribution in [2.24, 2.45) is 11.7 Å². The van der Waals surface area contributed by atoms with Gasteiger partial charge in [-0.05, 0) is 36.5 Å². The van der Waals surface area contributed by atoms with Crippen molar-refractivity contribution in [3.05, 3.63) is 35.6 Å². The first-order valence-electron chi connectivity index (χ1n) is 5.70.